The number of hydrogen-bond donors (Lipinski definition) is 2. The molecule has 1 aromatic carbocycles. The number of nitrogens with two attached hydrogens (primary N) is 1. The Morgan fingerprint density at radius 2 is 1.95 bits per heavy atom. The summed E-state index contributed by atoms with van der Waals surface area (Å²) in [7, 11) is 0. The van der Waals surface area contributed by atoms with E-state index in [0.29, 0.717) is 47.2 Å². The van der Waals surface area contributed by atoms with E-state index in [9.17, 15) is 14.0 Å². The number of nitrogens with zero attached hydrogens (tertiary/aromatic N) is 6. The second kappa shape index (κ2) is 10.9. The summed E-state index contributed by atoms with van der Waals surface area (Å²) in [6.45, 7) is 7.89. The molecule has 1 unspecified atom stereocenters. The van der Waals surface area contributed by atoms with Crippen LogP contribution in [0.4, 0.5) is 31.0 Å². The average Bonchev–Trinajstić information content (AvgIpc) is 3.26. The van der Waals surface area contributed by atoms with Crippen molar-refractivity contribution < 1.29 is 23.1 Å². The minimum absolute atomic E-state index is 0.0207. The zero-order chi connectivity index (χ0) is 29.4. The lowest BCUT2D eigenvalue weighted by Gasteiger charge is -2.33. The number of amides is 1. The summed E-state index contributed by atoms with van der Waals surface area (Å²) in [5.41, 5.74) is 7.61. The van der Waals surface area contributed by atoms with Gasteiger partial charge in [0.05, 0.1) is 23.1 Å². The summed E-state index contributed by atoms with van der Waals surface area (Å²) in [5.74, 6) is 1.73. The van der Waals surface area contributed by atoms with Crippen molar-refractivity contribution in [1.82, 2.24) is 24.5 Å². The molecule has 3 aromatic heterocycles. The molecule has 1 aliphatic heterocycles. The quantitative estimate of drug-likeness (QED) is 0.314. The van der Waals surface area contributed by atoms with Gasteiger partial charge >= 0.3 is 6.09 Å². The molecule has 13 heteroatoms. The smallest absolute Gasteiger partial charge is 0.404 e. The van der Waals surface area contributed by atoms with Crippen molar-refractivity contribution in [1.29, 1.82) is 0 Å². The highest BCUT2D eigenvalue weighted by molar-refractivity contribution is 5.83. The SMILES string of the molecule is Cc1nc(Nc2ncc(F)c(-c3cc(F)c4nc(C)n(C(C)C)c4c3)n2)ccc1N1CCC(OC(N)=O)CC1=C=O. The first-order valence-corrected chi connectivity index (χ1v) is 13.0. The normalized spacial score (nSPS) is 15.3. The number of anilines is 3. The number of nitrogens with one attached hydrogen (secondary N) is 1. The van der Waals surface area contributed by atoms with Gasteiger partial charge < -0.3 is 25.3 Å². The van der Waals surface area contributed by atoms with Gasteiger partial charge in [-0.1, -0.05) is 0 Å². The molecule has 0 aliphatic carbocycles. The van der Waals surface area contributed by atoms with Crippen molar-refractivity contribution in [3.05, 3.63) is 59.3 Å². The van der Waals surface area contributed by atoms with Crippen LogP contribution in [0.25, 0.3) is 22.3 Å². The first-order chi connectivity index (χ1) is 19.5. The number of carbonyl (C=O) groups excluding carboxylic acids is 2. The second-order valence-corrected chi connectivity index (χ2v) is 10.0. The highest BCUT2D eigenvalue weighted by atomic mass is 19.1. The number of aryl methyl sites for hydroxylation is 2. The number of benzene rings is 1. The number of pyridine rings is 1. The maximum Gasteiger partial charge on any atom is 0.404 e. The number of primary amides is 1. The molecule has 1 fully saturated rings. The van der Waals surface area contributed by atoms with Crippen LogP contribution in [0.1, 0.15) is 44.2 Å². The van der Waals surface area contributed by atoms with E-state index in [1.54, 1.807) is 36.9 Å². The largest absolute Gasteiger partial charge is 0.446 e. The third kappa shape index (κ3) is 5.44. The summed E-state index contributed by atoms with van der Waals surface area (Å²) < 4.78 is 36.8. The Kier molecular flexibility index (Phi) is 7.38. The van der Waals surface area contributed by atoms with Gasteiger partial charge in [-0.15, -0.1) is 0 Å². The van der Waals surface area contributed by atoms with E-state index in [0.717, 1.165) is 6.20 Å². The highest BCUT2D eigenvalue weighted by Crippen LogP contribution is 2.32. The van der Waals surface area contributed by atoms with Crippen molar-refractivity contribution in [2.45, 2.75) is 52.7 Å². The van der Waals surface area contributed by atoms with E-state index in [4.69, 9.17) is 10.5 Å². The molecule has 1 saturated heterocycles. The Labute approximate surface area is 234 Å². The van der Waals surface area contributed by atoms with E-state index >= 15 is 4.39 Å². The third-order valence-corrected chi connectivity index (χ3v) is 6.87. The van der Waals surface area contributed by atoms with Crippen molar-refractivity contribution in [2.24, 2.45) is 5.73 Å². The van der Waals surface area contributed by atoms with Crippen LogP contribution in [-0.2, 0) is 9.53 Å². The lowest BCUT2D eigenvalue weighted by molar-refractivity contribution is 0.0972. The van der Waals surface area contributed by atoms with Gasteiger partial charge in [0.25, 0.3) is 0 Å². The molecule has 3 N–H and O–H groups in total. The fourth-order valence-electron chi connectivity index (χ4n) is 5.17. The summed E-state index contributed by atoms with van der Waals surface area (Å²) in [5, 5.41) is 2.97. The molecule has 1 amide bonds. The molecule has 0 bridgehead atoms. The van der Waals surface area contributed by atoms with Crippen molar-refractivity contribution in [3.63, 3.8) is 0 Å². The van der Waals surface area contributed by atoms with Gasteiger partial charge in [0.15, 0.2) is 11.6 Å². The van der Waals surface area contributed by atoms with E-state index in [2.05, 4.69) is 25.3 Å². The molecule has 1 atom stereocenters. The van der Waals surface area contributed by atoms with Gasteiger partial charge in [-0.05, 0) is 52.0 Å². The van der Waals surface area contributed by atoms with Crippen LogP contribution in [-0.4, -0.2) is 49.2 Å². The Bertz CT molecular complexity index is 1710. The number of rotatable bonds is 6. The van der Waals surface area contributed by atoms with E-state index < -0.39 is 23.8 Å². The standard InChI is InChI=1S/C28H28F2N8O3/c1-14(2)38-16(4)34-26-20(29)9-17(10-23(26)38)25-21(30)12-32-28(36-25)35-24-6-5-22(15(3)33-24)37-8-7-19(41-27(31)40)11-18(37)13-39/h5-6,9-10,12,14,19H,7-8,11H2,1-4H3,(H2,31,40)(H,32,33,35,36). The van der Waals surface area contributed by atoms with Crippen LogP contribution in [0.3, 0.4) is 0 Å². The molecule has 4 heterocycles. The Morgan fingerprint density at radius 1 is 1.17 bits per heavy atom. The number of aromatic nitrogens is 5. The number of ether oxygens (including phenoxy) is 1. The molecular weight excluding hydrogens is 534 g/mol. The Balaban J connectivity index is 1.41. The van der Waals surface area contributed by atoms with Crippen LogP contribution < -0.4 is 16.0 Å². The van der Waals surface area contributed by atoms with Crippen LogP contribution in [0.2, 0.25) is 0 Å². The summed E-state index contributed by atoms with van der Waals surface area (Å²) >= 11 is 0. The minimum atomic E-state index is -0.893. The predicted molar refractivity (Wildman–Crippen MR) is 148 cm³/mol. The first-order valence-electron chi connectivity index (χ1n) is 13.0. The molecule has 41 heavy (non-hydrogen) atoms. The first kappa shape index (κ1) is 27.7. The lowest BCUT2D eigenvalue weighted by Crippen LogP contribution is -2.38. The Morgan fingerprint density at radius 3 is 2.63 bits per heavy atom. The fourth-order valence-corrected chi connectivity index (χ4v) is 5.17. The average molecular weight is 563 g/mol. The van der Waals surface area contributed by atoms with E-state index in [1.807, 2.05) is 24.4 Å². The molecule has 0 radical (unpaired) electrons. The number of piperidine rings is 1. The molecule has 5 rings (SSSR count). The monoisotopic (exact) mass is 562 g/mol. The van der Waals surface area contributed by atoms with Crippen molar-refractivity contribution in [2.75, 3.05) is 16.8 Å². The molecule has 0 saturated carbocycles. The zero-order valence-electron chi connectivity index (χ0n) is 22.9. The second-order valence-electron chi connectivity index (χ2n) is 10.0. The molecule has 1 aliphatic rings. The number of fused-ring (bicyclic) bond motifs is 1. The maximum absolute atomic E-state index is 15.0. The fraction of sp³-hybridized carbons (Fsp3) is 0.321. The highest BCUT2D eigenvalue weighted by Gasteiger charge is 2.28. The molecule has 212 valence electrons. The van der Waals surface area contributed by atoms with Gasteiger partial charge in [0.2, 0.25) is 5.95 Å². The number of hydrogen-bond acceptors (Lipinski definition) is 9. The van der Waals surface area contributed by atoms with Crippen LogP contribution in [0.15, 0.2) is 36.2 Å². The van der Waals surface area contributed by atoms with Gasteiger partial charge in [-0.25, -0.2) is 38.3 Å². The molecule has 4 aromatic rings. The summed E-state index contributed by atoms with van der Waals surface area (Å²) in [4.78, 5) is 41.7. The van der Waals surface area contributed by atoms with Crippen molar-refractivity contribution in [3.8, 4) is 11.3 Å². The Hall–Kier alpha value is -4.90. The van der Waals surface area contributed by atoms with Crippen LogP contribution in [0.5, 0.6) is 0 Å². The maximum atomic E-state index is 15.0. The topological polar surface area (TPSA) is 141 Å². The number of carbonyl (C=O) groups is 1. The van der Waals surface area contributed by atoms with Crippen molar-refractivity contribution >= 4 is 40.5 Å². The molecular formula is C28H28F2N8O3. The minimum Gasteiger partial charge on any atom is -0.446 e. The molecule has 0 spiro atoms. The third-order valence-electron chi connectivity index (χ3n) is 6.87. The summed E-state index contributed by atoms with van der Waals surface area (Å²) in [6, 6.07) is 6.33. The number of imidazole rings is 1. The zero-order valence-corrected chi connectivity index (χ0v) is 22.9. The van der Waals surface area contributed by atoms with Crippen LogP contribution in [0, 0.1) is 25.5 Å². The van der Waals surface area contributed by atoms with E-state index in [-0.39, 0.29) is 35.2 Å². The van der Waals surface area contributed by atoms with Gasteiger partial charge in [-0.2, -0.15) is 0 Å². The predicted octanol–water partition coefficient (Wildman–Crippen LogP) is 4.89. The summed E-state index contributed by atoms with van der Waals surface area (Å²) in [6.07, 6.45) is 0.281. The molecule has 11 nitrogen and oxygen atoms in total. The van der Waals surface area contributed by atoms with Gasteiger partial charge in [-0.3, -0.25) is 0 Å². The van der Waals surface area contributed by atoms with Gasteiger partial charge in [0.1, 0.15) is 40.6 Å². The van der Waals surface area contributed by atoms with Crippen LogP contribution >= 0.6 is 0 Å². The lowest BCUT2D eigenvalue weighted by atomic mass is 10.0. The number of halogens is 2. The van der Waals surface area contributed by atoms with E-state index in [1.165, 1.54) is 6.07 Å². The van der Waals surface area contributed by atoms with Gasteiger partial charge in [0, 0.05) is 31.0 Å².